The van der Waals surface area contributed by atoms with Gasteiger partial charge in [0, 0.05) is 29.2 Å². The Bertz CT molecular complexity index is 405. The van der Waals surface area contributed by atoms with Gasteiger partial charge in [-0.3, -0.25) is 4.90 Å². The third-order valence-electron chi connectivity index (χ3n) is 3.86. The van der Waals surface area contributed by atoms with Crippen molar-refractivity contribution in [2.24, 2.45) is 0 Å². The van der Waals surface area contributed by atoms with Crippen LogP contribution in [-0.4, -0.2) is 29.2 Å². The molecule has 1 aromatic rings. The molecule has 0 saturated heterocycles. The lowest BCUT2D eigenvalue weighted by atomic mass is 9.94. The Labute approximate surface area is 125 Å². The Morgan fingerprint density at radius 3 is 2.58 bits per heavy atom. The minimum Gasteiger partial charge on any atom is -0.395 e. The predicted octanol–water partition coefficient (Wildman–Crippen LogP) is 4.12. The molecule has 19 heavy (non-hydrogen) atoms. The lowest BCUT2D eigenvalue weighted by molar-refractivity contribution is 0.117. The molecule has 4 heteroatoms. The van der Waals surface area contributed by atoms with Crippen molar-refractivity contribution in [2.45, 2.75) is 44.7 Å². The van der Waals surface area contributed by atoms with E-state index in [0.717, 1.165) is 17.1 Å². The maximum absolute atomic E-state index is 9.27. The number of benzene rings is 1. The minimum absolute atomic E-state index is 0.189. The molecule has 0 spiro atoms. The molecule has 1 N–H and O–H groups in total. The Kier molecular flexibility index (Phi) is 5.96. The monoisotopic (exact) mass is 301 g/mol. The second-order valence-corrected chi connectivity index (χ2v) is 6.07. The van der Waals surface area contributed by atoms with Gasteiger partial charge in [0.05, 0.1) is 6.61 Å². The van der Waals surface area contributed by atoms with Crippen molar-refractivity contribution in [3.63, 3.8) is 0 Å². The summed E-state index contributed by atoms with van der Waals surface area (Å²) >= 11 is 12.3. The lowest BCUT2D eigenvalue weighted by Gasteiger charge is -2.34. The number of aliphatic hydroxyl groups is 1. The van der Waals surface area contributed by atoms with Crippen LogP contribution >= 0.6 is 23.2 Å². The van der Waals surface area contributed by atoms with Crippen LogP contribution in [0.15, 0.2) is 18.2 Å². The number of rotatable bonds is 5. The van der Waals surface area contributed by atoms with Gasteiger partial charge in [-0.25, -0.2) is 0 Å². The van der Waals surface area contributed by atoms with Crippen LogP contribution in [0.3, 0.4) is 0 Å². The average molecular weight is 302 g/mol. The zero-order chi connectivity index (χ0) is 13.7. The van der Waals surface area contributed by atoms with E-state index in [4.69, 9.17) is 23.2 Å². The first kappa shape index (κ1) is 15.1. The van der Waals surface area contributed by atoms with E-state index in [1.165, 1.54) is 32.1 Å². The van der Waals surface area contributed by atoms with E-state index in [9.17, 15) is 5.11 Å². The summed E-state index contributed by atoms with van der Waals surface area (Å²) in [5.41, 5.74) is 1.05. The van der Waals surface area contributed by atoms with E-state index in [-0.39, 0.29) is 6.61 Å². The van der Waals surface area contributed by atoms with E-state index in [1.807, 2.05) is 18.2 Å². The van der Waals surface area contributed by atoms with E-state index >= 15 is 0 Å². The van der Waals surface area contributed by atoms with Crippen LogP contribution in [0.1, 0.15) is 37.7 Å². The molecule has 0 radical (unpaired) electrons. The quantitative estimate of drug-likeness (QED) is 0.884. The van der Waals surface area contributed by atoms with Crippen molar-refractivity contribution in [3.8, 4) is 0 Å². The minimum atomic E-state index is 0.189. The largest absolute Gasteiger partial charge is 0.395 e. The smallest absolute Gasteiger partial charge is 0.0558 e. The van der Waals surface area contributed by atoms with Crippen molar-refractivity contribution >= 4 is 23.2 Å². The molecule has 0 unspecified atom stereocenters. The summed E-state index contributed by atoms with van der Waals surface area (Å²) in [5.74, 6) is 0. The van der Waals surface area contributed by atoms with Crippen LogP contribution in [0.4, 0.5) is 0 Å². The third kappa shape index (κ3) is 4.35. The SMILES string of the molecule is OCCN(Cc1cc(Cl)ccc1Cl)C1CCCCC1. The molecule has 0 aliphatic heterocycles. The molecular weight excluding hydrogens is 281 g/mol. The molecule has 0 bridgehead atoms. The molecule has 1 fully saturated rings. The van der Waals surface area contributed by atoms with Crippen molar-refractivity contribution in [1.29, 1.82) is 0 Å². The summed E-state index contributed by atoms with van der Waals surface area (Å²) in [7, 11) is 0. The van der Waals surface area contributed by atoms with Gasteiger partial charge in [-0.1, -0.05) is 42.5 Å². The standard InChI is InChI=1S/C15H21Cl2NO/c16-13-6-7-15(17)12(10-13)11-18(8-9-19)14-4-2-1-3-5-14/h6-7,10,14,19H,1-5,8-9,11H2. The van der Waals surface area contributed by atoms with Crippen LogP contribution in [0, 0.1) is 0 Å². The van der Waals surface area contributed by atoms with Crippen molar-refractivity contribution < 1.29 is 5.11 Å². The zero-order valence-corrected chi connectivity index (χ0v) is 12.6. The van der Waals surface area contributed by atoms with Gasteiger partial charge in [0.1, 0.15) is 0 Å². The molecule has 1 aliphatic rings. The number of nitrogens with zero attached hydrogens (tertiary/aromatic N) is 1. The van der Waals surface area contributed by atoms with Crippen LogP contribution in [0.5, 0.6) is 0 Å². The lowest BCUT2D eigenvalue weighted by Crippen LogP contribution is -2.38. The second-order valence-electron chi connectivity index (χ2n) is 5.22. The first-order chi connectivity index (χ1) is 9.20. The Hall–Kier alpha value is -0.280. The average Bonchev–Trinajstić information content (AvgIpc) is 2.43. The van der Waals surface area contributed by atoms with Crippen LogP contribution in [-0.2, 0) is 6.54 Å². The van der Waals surface area contributed by atoms with Gasteiger partial charge in [-0.15, -0.1) is 0 Å². The van der Waals surface area contributed by atoms with Gasteiger partial charge in [-0.2, -0.15) is 0 Å². The van der Waals surface area contributed by atoms with Crippen molar-refractivity contribution in [3.05, 3.63) is 33.8 Å². The van der Waals surface area contributed by atoms with Crippen molar-refractivity contribution in [1.82, 2.24) is 4.90 Å². The molecule has 106 valence electrons. The highest BCUT2D eigenvalue weighted by Crippen LogP contribution is 2.27. The Balaban J connectivity index is 2.08. The van der Waals surface area contributed by atoms with Crippen molar-refractivity contribution in [2.75, 3.05) is 13.2 Å². The molecule has 2 nitrogen and oxygen atoms in total. The molecule has 0 atom stereocenters. The maximum Gasteiger partial charge on any atom is 0.0558 e. The summed E-state index contributed by atoms with van der Waals surface area (Å²) in [6, 6.07) is 6.15. The molecule has 1 saturated carbocycles. The first-order valence-corrected chi connectivity index (χ1v) is 7.75. The summed E-state index contributed by atoms with van der Waals surface area (Å²) in [6.45, 7) is 1.66. The zero-order valence-electron chi connectivity index (χ0n) is 11.1. The van der Waals surface area contributed by atoms with E-state index in [0.29, 0.717) is 17.6 Å². The van der Waals surface area contributed by atoms with Gasteiger partial charge in [-0.05, 0) is 36.6 Å². The van der Waals surface area contributed by atoms with Gasteiger partial charge in [0.15, 0.2) is 0 Å². The van der Waals surface area contributed by atoms with Gasteiger partial charge in [0.25, 0.3) is 0 Å². The second kappa shape index (κ2) is 7.49. The molecule has 1 aromatic carbocycles. The number of hydrogen-bond acceptors (Lipinski definition) is 2. The molecule has 1 aliphatic carbocycles. The summed E-state index contributed by atoms with van der Waals surface area (Å²) in [5, 5.41) is 10.7. The number of halogens is 2. The van der Waals surface area contributed by atoms with Gasteiger partial charge in [0.2, 0.25) is 0 Å². The molecular formula is C15H21Cl2NO. The highest BCUT2D eigenvalue weighted by Gasteiger charge is 2.21. The topological polar surface area (TPSA) is 23.5 Å². The fourth-order valence-corrected chi connectivity index (χ4v) is 3.22. The summed E-state index contributed by atoms with van der Waals surface area (Å²) in [6.07, 6.45) is 6.35. The molecule has 0 heterocycles. The van der Waals surface area contributed by atoms with Gasteiger partial charge >= 0.3 is 0 Å². The van der Waals surface area contributed by atoms with E-state index in [2.05, 4.69) is 4.90 Å². The highest BCUT2D eigenvalue weighted by molar-refractivity contribution is 6.33. The van der Waals surface area contributed by atoms with Crippen LogP contribution in [0.25, 0.3) is 0 Å². The van der Waals surface area contributed by atoms with E-state index < -0.39 is 0 Å². The summed E-state index contributed by atoms with van der Waals surface area (Å²) in [4.78, 5) is 2.34. The molecule has 0 aromatic heterocycles. The number of aliphatic hydroxyl groups excluding tert-OH is 1. The Morgan fingerprint density at radius 1 is 1.16 bits per heavy atom. The summed E-state index contributed by atoms with van der Waals surface area (Å²) < 4.78 is 0. The van der Waals surface area contributed by atoms with E-state index in [1.54, 1.807) is 0 Å². The number of hydrogen-bond donors (Lipinski definition) is 1. The Morgan fingerprint density at radius 2 is 1.89 bits per heavy atom. The molecule has 0 amide bonds. The first-order valence-electron chi connectivity index (χ1n) is 6.99. The van der Waals surface area contributed by atoms with Crippen LogP contribution in [0.2, 0.25) is 10.0 Å². The third-order valence-corrected chi connectivity index (χ3v) is 4.46. The van der Waals surface area contributed by atoms with Gasteiger partial charge < -0.3 is 5.11 Å². The maximum atomic E-state index is 9.27. The highest BCUT2D eigenvalue weighted by atomic mass is 35.5. The molecule has 2 rings (SSSR count). The normalized spacial score (nSPS) is 17.1. The fraction of sp³-hybridized carbons (Fsp3) is 0.600. The predicted molar refractivity (Wildman–Crippen MR) is 80.8 cm³/mol. The fourth-order valence-electron chi connectivity index (χ4n) is 2.85. The van der Waals surface area contributed by atoms with Crippen LogP contribution < -0.4 is 0 Å².